The van der Waals surface area contributed by atoms with Gasteiger partial charge in [0.25, 0.3) is 0 Å². The highest BCUT2D eigenvalue weighted by atomic mass is 16.3. The number of likely N-dealkylation sites (tertiary alicyclic amines) is 1. The lowest BCUT2D eigenvalue weighted by Crippen LogP contribution is -2.45. The van der Waals surface area contributed by atoms with Crippen LogP contribution in [0.5, 0.6) is 0 Å². The summed E-state index contributed by atoms with van der Waals surface area (Å²) in [5.41, 5.74) is 2.53. The summed E-state index contributed by atoms with van der Waals surface area (Å²) in [5, 5.41) is 5.89. The average Bonchev–Trinajstić information content (AvgIpc) is 3.55. The number of nitrogens with one attached hydrogen (secondary N) is 2. The molecule has 0 unspecified atom stereocenters. The lowest BCUT2D eigenvalue weighted by atomic mass is 10.1. The topological polar surface area (TPSA) is 96.2 Å². The lowest BCUT2D eigenvalue weighted by molar-refractivity contribution is 0.188. The van der Waals surface area contributed by atoms with Crippen molar-refractivity contribution in [1.29, 1.82) is 0 Å². The Hall–Kier alpha value is -3.26. The van der Waals surface area contributed by atoms with Crippen molar-refractivity contribution < 1.29 is 9.21 Å². The van der Waals surface area contributed by atoms with Crippen molar-refractivity contribution in [3.05, 3.63) is 60.5 Å². The quantitative estimate of drug-likeness (QED) is 0.632. The van der Waals surface area contributed by atoms with Crippen LogP contribution in [-0.2, 0) is 6.54 Å². The Morgan fingerprint density at radius 2 is 1.81 bits per heavy atom. The molecule has 0 bridgehead atoms. The first kappa shape index (κ1) is 19.7. The van der Waals surface area contributed by atoms with Crippen molar-refractivity contribution in [2.24, 2.45) is 0 Å². The molecule has 2 fully saturated rings. The largest absolute Gasteiger partial charge is 0.444 e. The molecule has 0 atom stereocenters. The van der Waals surface area contributed by atoms with Gasteiger partial charge in [-0.15, -0.1) is 0 Å². The molecule has 1 aliphatic heterocycles. The van der Waals surface area contributed by atoms with Crippen molar-refractivity contribution in [1.82, 2.24) is 25.2 Å². The van der Waals surface area contributed by atoms with Gasteiger partial charge in [-0.25, -0.2) is 19.7 Å². The van der Waals surface area contributed by atoms with E-state index in [1.165, 1.54) is 0 Å². The average molecular weight is 419 g/mol. The van der Waals surface area contributed by atoms with E-state index in [1.54, 1.807) is 18.7 Å². The second-order valence-corrected chi connectivity index (χ2v) is 8.26. The van der Waals surface area contributed by atoms with Gasteiger partial charge in [-0.3, -0.25) is 4.90 Å². The maximum atomic E-state index is 12.3. The Labute approximate surface area is 181 Å². The molecule has 1 aromatic carbocycles. The second-order valence-electron chi connectivity index (χ2n) is 8.26. The summed E-state index contributed by atoms with van der Waals surface area (Å²) in [6.45, 7) is 2.55. The van der Waals surface area contributed by atoms with Crippen LogP contribution in [0.2, 0.25) is 0 Å². The summed E-state index contributed by atoms with van der Waals surface area (Å²) >= 11 is 0. The maximum absolute atomic E-state index is 12.3. The monoisotopic (exact) mass is 418 g/mol. The summed E-state index contributed by atoms with van der Waals surface area (Å²) in [7, 11) is 0. The molecule has 31 heavy (non-hydrogen) atoms. The van der Waals surface area contributed by atoms with Gasteiger partial charge in [0.15, 0.2) is 0 Å². The van der Waals surface area contributed by atoms with Crippen LogP contribution in [0.4, 0.5) is 10.5 Å². The number of hydrogen-bond donors (Lipinski definition) is 2. The molecule has 8 nitrogen and oxygen atoms in total. The Morgan fingerprint density at radius 3 is 2.52 bits per heavy atom. The molecule has 1 saturated carbocycles. The number of rotatable bonds is 6. The van der Waals surface area contributed by atoms with E-state index in [4.69, 9.17) is 4.42 Å². The van der Waals surface area contributed by atoms with Crippen molar-refractivity contribution in [2.45, 2.75) is 44.2 Å². The van der Waals surface area contributed by atoms with E-state index >= 15 is 0 Å². The first-order valence-corrected chi connectivity index (χ1v) is 10.8. The fourth-order valence-corrected chi connectivity index (χ4v) is 3.86. The van der Waals surface area contributed by atoms with Gasteiger partial charge in [-0.2, -0.15) is 0 Å². The van der Waals surface area contributed by atoms with Crippen LogP contribution in [0, 0.1) is 0 Å². The van der Waals surface area contributed by atoms with Gasteiger partial charge < -0.3 is 15.1 Å². The Bertz CT molecular complexity index is 1010. The molecule has 1 aliphatic carbocycles. The Balaban J connectivity index is 1.06. The molecule has 2 N–H and O–H groups in total. The standard InChI is InChI=1S/C23H26N6O2/c30-23(28-19-12-24-21(25-13-19)16-6-7-16)27-18-8-10-29(11-9-18)14-20-15-31-22(26-20)17-4-2-1-3-5-17/h1-5,12-13,15-16,18H,6-11,14H2,(H2,27,28,30). The van der Waals surface area contributed by atoms with E-state index in [-0.39, 0.29) is 12.1 Å². The number of nitrogens with zero attached hydrogens (tertiary/aromatic N) is 4. The first-order chi connectivity index (χ1) is 15.2. The minimum atomic E-state index is -0.203. The Morgan fingerprint density at radius 1 is 1.06 bits per heavy atom. The SMILES string of the molecule is O=C(Nc1cnc(C2CC2)nc1)NC1CCN(Cc2coc(-c3ccccc3)n2)CC1. The fraction of sp³-hybridized carbons (Fsp3) is 0.391. The van der Waals surface area contributed by atoms with Crippen LogP contribution in [0.15, 0.2) is 53.4 Å². The highest BCUT2D eigenvalue weighted by Gasteiger charge is 2.26. The van der Waals surface area contributed by atoms with Crippen LogP contribution in [0.1, 0.15) is 43.1 Å². The summed E-state index contributed by atoms with van der Waals surface area (Å²) in [6.07, 6.45) is 9.22. The molecule has 3 heterocycles. The zero-order valence-electron chi connectivity index (χ0n) is 17.3. The highest BCUT2D eigenvalue weighted by Crippen LogP contribution is 2.37. The van der Waals surface area contributed by atoms with E-state index in [9.17, 15) is 4.79 Å². The van der Waals surface area contributed by atoms with Crippen LogP contribution in [-0.4, -0.2) is 45.0 Å². The lowest BCUT2D eigenvalue weighted by Gasteiger charge is -2.31. The number of piperidine rings is 1. The van der Waals surface area contributed by atoms with Gasteiger partial charge in [0.05, 0.1) is 23.8 Å². The van der Waals surface area contributed by atoms with Crippen LogP contribution in [0.25, 0.3) is 11.5 Å². The number of anilines is 1. The van der Waals surface area contributed by atoms with Gasteiger partial charge >= 0.3 is 6.03 Å². The number of carbonyl (C=O) groups excluding carboxylic acids is 1. The summed E-state index contributed by atoms with van der Waals surface area (Å²) in [4.78, 5) is 27.9. The molecule has 8 heteroatoms. The molecule has 1 saturated heterocycles. The number of amides is 2. The second kappa shape index (κ2) is 8.85. The highest BCUT2D eigenvalue weighted by molar-refractivity contribution is 5.89. The van der Waals surface area contributed by atoms with E-state index in [2.05, 4.69) is 30.5 Å². The van der Waals surface area contributed by atoms with Crippen molar-refractivity contribution in [3.8, 4) is 11.5 Å². The van der Waals surface area contributed by atoms with E-state index in [0.717, 1.165) is 62.4 Å². The molecule has 2 amide bonds. The summed E-state index contributed by atoms with van der Waals surface area (Å²) in [5.74, 6) is 2.04. The van der Waals surface area contributed by atoms with Gasteiger partial charge in [0.2, 0.25) is 5.89 Å². The minimum Gasteiger partial charge on any atom is -0.444 e. The van der Waals surface area contributed by atoms with E-state index < -0.39 is 0 Å². The fourth-order valence-electron chi connectivity index (χ4n) is 3.86. The van der Waals surface area contributed by atoms with Gasteiger partial charge in [-0.05, 0) is 37.8 Å². The predicted octanol–water partition coefficient (Wildman–Crippen LogP) is 3.80. The molecule has 2 aromatic heterocycles. The molecule has 2 aliphatic rings. The summed E-state index contributed by atoms with van der Waals surface area (Å²) in [6, 6.07) is 9.86. The maximum Gasteiger partial charge on any atom is 0.319 e. The number of hydrogen-bond acceptors (Lipinski definition) is 6. The normalized spacial score (nSPS) is 17.4. The molecule has 0 radical (unpaired) electrons. The third kappa shape index (κ3) is 5.08. The van der Waals surface area contributed by atoms with Crippen LogP contribution in [0.3, 0.4) is 0 Å². The zero-order chi connectivity index (χ0) is 21.0. The molecular weight excluding hydrogens is 392 g/mol. The van der Waals surface area contributed by atoms with E-state index in [0.29, 0.717) is 17.5 Å². The van der Waals surface area contributed by atoms with Crippen molar-refractivity contribution in [3.63, 3.8) is 0 Å². The van der Waals surface area contributed by atoms with E-state index in [1.807, 2.05) is 30.3 Å². The number of carbonyl (C=O) groups is 1. The zero-order valence-corrected chi connectivity index (χ0v) is 17.3. The van der Waals surface area contributed by atoms with Gasteiger partial charge in [0.1, 0.15) is 12.1 Å². The number of benzene rings is 1. The number of aromatic nitrogens is 3. The molecule has 5 rings (SSSR count). The van der Waals surface area contributed by atoms with Crippen molar-refractivity contribution in [2.75, 3.05) is 18.4 Å². The first-order valence-electron chi connectivity index (χ1n) is 10.8. The number of urea groups is 1. The third-order valence-electron chi connectivity index (χ3n) is 5.75. The minimum absolute atomic E-state index is 0.153. The molecule has 160 valence electrons. The Kier molecular flexibility index (Phi) is 5.62. The van der Waals surface area contributed by atoms with Gasteiger partial charge in [0, 0.05) is 37.2 Å². The van der Waals surface area contributed by atoms with Crippen LogP contribution < -0.4 is 10.6 Å². The smallest absolute Gasteiger partial charge is 0.319 e. The summed E-state index contributed by atoms with van der Waals surface area (Å²) < 4.78 is 5.63. The number of oxazole rings is 1. The van der Waals surface area contributed by atoms with Crippen LogP contribution >= 0.6 is 0 Å². The van der Waals surface area contributed by atoms with Crippen molar-refractivity contribution >= 4 is 11.7 Å². The molecular formula is C23H26N6O2. The van der Waals surface area contributed by atoms with Gasteiger partial charge in [-0.1, -0.05) is 18.2 Å². The third-order valence-corrected chi connectivity index (χ3v) is 5.75. The molecule has 3 aromatic rings. The predicted molar refractivity (Wildman–Crippen MR) is 116 cm³/mol. The molecule has 0 spiro atoms.